The maximum Gasteiger partial charge on any atom is 0.131 e. The summed E-state index contributed by atoms with van der Waals surface area (Å²) in [7, 11) is 0. The van der Waals surface area contributed by atoms with Crippen molar-refractivity contribution in [3.05, 3.63) is 70.1 Å². The lowest BCUT2D eigenvalue weighted by atomic mass is 9.85. The fourth-order valence-corrected chi connectivity index (χ4v) is 4.18. The van der Waals surface area contributed by atoms with E-state index in [1.54, 1.807) is 12.1 Å². The molecule has 6 heteroatoms. The minimum Gasteiger partial charge on any atom is -0.485 e. The summed E-state index contributed by atoms with van der Waals surface area (Å²) in [6.07, 6.45) is -0.267. The Morgan fingerprint density at radius 1 is 1.24 bits per heavy atom. The van der Waals surface area contributed by atoms with Gasteiger partial charge in [-0.3, -0.25) is 0 Å². The highest BCUT2D eigenvalue weighted by molar-refractivity contribution is 6.29. The summed E-state index contributed by atoms with van der Waals surface area (Å²) < 4.78 is 20.1. The van der Waals surface area contributed by atoms with Crippen molar-refractivity contribution in [2.45, 2.75) is 44.9 Å². The number of aliphatic hydroxyl groups excluding tert-OH is 1. The van der Waals surface area contributed by atoms with Gasteiger partial charge in [-0.25, -0.2) is 9.37 Å². The Morgan fingerprint density at radius 2 is 2.00 bits per heavy atom. The van der Waals surface area contributed by atoms with E-state index in [4.69, 9.17) is 16.3 Å². The normalized spacial score (nSPS) is 20.3. The third kappa shape index (κ3) is 3.82. The van der Waals surface area contributed by atoms with Crippen LogP contribution in [0.5, 0.6) is 5.75 Å². The maximum atomic E-state index is 13.9. The molecule has 152 valence electrons. The van der Waals surface area contributed by atoms with Gasteiger partial charge >= 0.3 is 0 Å². The Morgan fingerprint density at radius 3 is 2.76 bits per heavy atom. The number of rotatable bonds is 4. The summed E-state index contributed by atoms with van der Waals surface area (Å²) in [6.45, 7) is 6.22. The van der Waals surface area contributed by atoms with E-state index in [0.717, 1.165) is 22.0 Å². The van der Waals surface area contributed by atoms with E-state index in [1.807, 2.05) is 45.0 Å². The molecule has 4 nitrogen and oxygen atoms in total. The molecule has 0 fully saturated rings. The van der Waals surface area contributed by atoms with Crippen molar-refractivity contribution < 1.29 is 14.2 Å². The standard InChI is InChI=1S/C23H24ClFN2O2/c1-13-10-20(24)27-18-11-16-19(12-15(13)18)29-23(2,3)22(28)21(16)26-9-8-14-6-4-5-7-17(14)25/h4-7,10-12,21-22,26,28H,8-9H2,1-3H3. The number of fused-ring (bicyclic) bond motifs is 2. The first-order valence-corrected chi connectivity index (χ1v) is 10.1. The van der Waals surface area contributed by atoms with Crippen molar-refractivity contribution in [1.82, 2.24) is 10.3 Å². The van der Waals surface area contributed by atoms with E-state index in [1.165, 1.54) is 6.07 Å². The Kier molecular flexibility index (Phi) is 5.23. The first-order chi connectivity index (χ1) is 13.8. The number of hydrogen-bond acceptors (Lipinski definition) is 4. The lowest BCUT2D eigenvalue weighted by Crippen LogP contribution is -2.52. The van der Waals surface area contributed by atoms with Crippen LogP contribution in [-0.4, -0.2) is 28.3 Å². The molecule has 2 aromatic carbocycles. The average Bonchev–Trinajstić information content (AvgIpc) is 2.65. The van der Waals surface area contributed by atoms with E-state index >= 15 is 0 Å². The SMILES string of the molecule is Cc1cc(Cl)nc2cc3c(cc12)OC(C)(C)C(O)C3NCCc1ccccc1F. The van der Waals surface area contributed by atoms with E-state index < -0.39 is 11.7 Å². The molecule has 0 saturated heterocycles. The van der Waals surface area contributed by atoms with Gasteiger partial charge in [0.1, 0.15) is 28.4 Å². The molecule has 29 heavy (non-hydrogen) atoms. The lowest BCUT2D eigenvalue weighted by molar-refractivity contribution is -0.0642. The number of nitrogens with zero attached hydrogens (tertiary/aromatic N) is 1. The van der Waals surface area contributed by atoms with Crippen LogP contribution in [0.25, 0.3) is 10.9 Å². The maximum absolute atomic E-state index is 13.9. The van der Waals surface area contributed by atoms with Gasteiger partial charge in [-0.1, -0.05) is 29.8 Å². The van der Waals surface area contributed by atoms with Gasteiger partial charge in [0.15, 0.2) is 0 Å². The number of benzene rings is 2. The van der Waals surface area contributed by atoms with Crippen LogP contribution in [0.4, 0.5) is 4.39 Å². The quantitative estimate of drug-likeness (QED) is 0.605. The number of hydrogen-bond donors (Lipinski definition) is 2. The second kappa shape index (κ2) is 7.56. The molecule has 0 saturated carbocycles. The molecule has 1 aliphatic rings. The molecule has 0 aliphatic carbocycles. The van der Waals surface area contributed by atoms with Crippen LogP contribution in [0.3, 0.4) is 0 Å². The number of aryl methyl sites for hydroxylation is 1. The van der Waals surface area contributed by atoms with Crippen molar-refractivity contribution in [3.8, 4) is 5.75 Å². The molecular weight excluding hydrogens is 391 g/mol. The number of pyridine rings is 1. The fraction of sp³-hybridized carbons (Fsp3) is 0.348. The van der Waals surface area contributed by atoms with Gasteiger partial charge in [0.2, 0.25) is 0 Å². The zero-order chi connectivity index (χ0) is 20.8. The Hall–Kier alpha value is -2.21. The van der Waals surface area contributed by atoms with Crippen LogP contribution >= 0.6 is 11.6 Å². The van der Waals surface area contributed by atoms with Gasteiger partial charge in [-0.2, -0.15) is 0 Å². The largest absolute Gasteiger partial charge is 0.485 e. The molecule has 1 aliphatic heterocycles. The van der Waals surface area contributed by atoms with E-state index in [2.05, 4.69) is 10.3 Å². The van der Waals surface area contributed by atoms with Gasteiger partial charge < -0.3 is 15.2 Å². The van der Waals surface area contributed by atoms with Gasteiger partial charge in [-0.15, -0.1) is 0 Å². The van der Waals surface area contributed by atoms with Crippen LogP contribution in [0.15, 0.2) is 42.5 Å². The highest BCUT2D eigenvalue weighted by atomic mass is 35.5. The van der Waals surface area contributed by atoms with Gasteiger partial charge in [0.05, 0.1) is 11.6 Å². The van der Waals surface area contributed by atoms with Crippen molar-refractivity contribution in [2.24, 2.45) is 0 Å². The smallest absolute Gasteiger partial charge is 0.131 e. The number of nitrogens with one attached hydrogen (secondary N) is 1. The number of ether oxygens (including phenoxy) is 1. The molecule has 3 aromatic rings. The summed E-state index contributed by atoms with van der Waals surface area (Å²) in [5.41, 5.74) is 2.46. The second-order valence-electron chi connectivity index (χ2n) is 8.09. The molecule has 0 bridgehead atoms. The molecule has 4 rings (SSSR count). The molecule has 2 unspecified atom stereocenters. The van der Waals surface area contributed by atoms with Gasteiger partial charge in [-0.05, 0) is 69.1 Å². The molecule has 0 amide bonds. The molecule has 2 N–H and O–H groups in total. The fourth-order valence-electron chi connectivity index (χ4n) is 3.93. The molecule has 1 aromatic heterocycles. The monoisotopic (exact) mass is 414 g/mol. The molecule has 2 atom stereocenters. The summed E-state index contributed by atoms with van der Waals surface area (Å²) in [6, 6.07) is 12.1. The Balaban J connectivity index is 1.68. The predicted octanol–water partition coefficient (Wildman–Crippen LogP) is 4.74. The third-order valence-corrected chi connectivity index (χ3v) is 5.76. The van der Waals surface area contributed by atoms with E-state index in [0.29, 0.717) is 29.4 Å². The van der Waals surface area contributed by atoms with Crippen molar-refractivity contribution >= 4 is 22.5 Å². The third-order valence-electron chi connectivity index (χ3n) is 5.57. The van der Waals surface area contributed by atoms with Gasteiger partial charge in [0, 0.05) is 10.9 Å². The van der Waals surface area contributed by atoms with Crippen LogP contribution < -0.4 is 10.1 Å². The van der Waals surface area contributed by atoms with E-state index in [9.17, 15) is 9.50 Å². The van der Waals surface area contributed by atoms with E-state index in [-0.39, 0.29) is 11.9 Å². The Bertz CT molecular complexity index is 1070. The summed E-state index contributed by atoms with van der Waals surface area (Å²) >= 11 is 6.14. The molecule has 0 radical (unpaired) electrons. The molecule has 2 heterocycles. The van der Waals surface area contributed by atoms with Crippen LogP contribution in [0, 0.1) is 12.7 Å². The van der Waals surface area contributed by atoms with Crippen LogP contribution in [0.2, 0.25) is 5.15 Å². The molecular formula is C23H24ClFN2O2. The lowest BCUT2D eigenvalue weighted by Gasteiger charge is -2.42. The number of halogens is 2. The first-order valence-electron chi connectivity index (χ1n) is 9.71. The Labute approximate surface area is 174 Å². The summed E-state index contributed by atoms with van der Waals surface area (Å²) in [5.74, 6) is 0.492. The predicted molar refractivity (Wildman–Crippen MR) is 113 cm³/mol. The topological polar surface area (TPSA) is 54.4 Å². The average molecular weight is 415 g/mol. The highest BCUT2D eigenvalue weighted by Crippen LogP contribution is 2.42. The number of aliphatic hydroxyl groups is 1. The minimum atomic E-state index is -0.784. The van der Waals surface area contributed by atoms with Crippen molar-refractivity contribution in [3.63, 3.8) is 0 Å². The zero-order valence-corrected chi connectivity index (χ0v) is 17.4. The summed E-state index contributed by atoms with van der Waals surface area (Å²) in [5, 5.41) is 15.8. The molecule has 0 spiro atoms. The van der Waals surface area contributed by atoms with Crippen molar-refractivity contribution in [1.29, 1.82) is 0 Å². The minimum absolute atomic E-state index is 0.220. The zero-order valence-electron chi connectivity index (χ0n) is 16.7. The van der Waals surface area contributed by atoms with Crippen molar-refractivity contribution in [2.75, 3.05) is 6.54 Å². The van der Waals surface area contributed by atoms with Crippen LogP contribution in [0.1, 0.15) is 36.6 Å². The van der Waals surface area contributed by atoms with Gasteiger partial charge in [0.25, 0.3) is 0 Å². The number of aromatic nitrogens is 1. The second-order valence-corrected chi connectivity index (χ2v) is 8.48. The van der Waals surface area contributed by atoms with Crippen LogP contribution in [-0.2, 0) is 6.42 Å². The summed E-state index contributed by atoms with van der Waals surface area (Å²) in [4.78, 5) is 4.43. The first kappa shape index (κ1) is 20.1. The highest BCUT2D eigenvalue weighted by Gasteiger charge is 2.42.